The van der Waals surface area contributed by atoms with Crippen molar-refractivity contribution >= 4 is 33.2 Å². The second-order valence-electron chi connectivity index (χ2n) is 6.37. The van der Waals surface area contributed by atoms with Crippen LogP contribution in [0.25, 0.3) is 0 Å². The predicted molar refractivity (Wildman–Crippen MR) is 112 cm³/mol. The summed E-state index contributed by atoms with van der Waals surface area (Å²) in [5.41, 5.74) is 0.484. The van der Waals surface area contributed by atoms with Gasteiger partial charge in [-0.15, -0.1) is 0 Å². The molecule has 0 atom stereocenters. The zero-order valence-electron chi connectivity index (χ0n) is 15.6. The Kier molecular flexibility index (Phi) is 6.90. The molecule has 3 rings (SSSR count). The molecule has 1 aromatic heterocycles. The second-order valence-corrected chi connectivity index (χ2v) is 8.49. The van der Waals surface area contributed by atoms with E-state index in [4.69, 9.17) is 11.6 Å². The maximum absolute atomic E-state index is 12.6. The van der Waals surface area contributed by atoms with Crippen molar-refractivity contribution in [2.24, 2.45) is 0 Å². The zero-order valence-corrected chi connectivity index (χ0v) is 17.2. The molecule has 0 spiro atoms. The molecule has 1 heterocycles. The van der Waals surface area contributed by atoms with Crippen molar-refractivity contribution in [1.82, 2.24) is 14.9 Å². The Hall–Kier alpha value is -2.84. The Balaban J connectivity index is 1.60. The van der Waals surface area contributed by atoms with Gasteiger partial charge in [-0.25, -0.2) is 13.4 Å². The minimum absolute atomic E-state index is 0.0663. The van der Waals surface area contributed by atoms with E-state index in [1.165, 1.54) is 24.3 Å². The van der Waals surface area contributed by atoms with Crippen LogP contribution in [-0.4, -0.2) is 30.4 Å². The summed E-state index contributed by atoms with van der Waals surface area (Å²) in [6.07, 6.45) is 7.05. The lowest BCUT2D eigenvalue weighted by Crippen LogP contribution is -2.26. The van der Waals surface area contributed by atoms with Gasteiger partial charge in [-0.2, -0.15) is 0 Å². The molecule has 2 aromatic carbocycles. The molecule has 9 heteroatoms. The van der Waals surface area contributed by atoms with Gasteiger partial charge in [-0.05, 0) is 49.2 Å². The van der Waals surface area contributed by atoms with E-state index in [2.05, 4.69) is 15.0 Å². The van der Waals surface area contributed by atoms with Gasteiger partial charge in [-0.3, -0.25) is 9.52 Å². The van der Waals surface area contributed by atoms with Gasteiger partial charge < -0.3 is 9.88 Å². The van der Waals surface area contributed by atoms with Gasteiger partial charge in [0.05, 0.1) is 22.5 Å². The number of unbranched alkanes of at least 4 members (excludes halogenated alkanes) is 1. The molecule has 0 fully saturated rings. The number of halogens is 1. The Morgan fingerprint density at radius 3 is 2.55 bits per heavy atom. The van der Waals surface area contributed by atoms with Crippen LogP contribution in [0.2, 0.25) is 5.02 Å². The predicted octanol–water partition coefficient (Wildman–Crippen LogP) is 3.55. The smallest absolute Gasteiger partial charge is 0.261 e. The summed E-state index contributed by atoms with van der Waals surface area (Å²) in [5.74, 6) is -0.331. The minimum atomic E-state index is -3.84. The van der Waals surface area contributed by atoms with Crippen LogP contribution < -0.4 is 10.0 Å². The molecule has 7 nitrogen and oxygen atoms in total. The van der Waals surface area contributed by atoms with Crippen LogP contribution in [0, 0.1) is 0 Å². The van der Waals surface area contributed by atoms with E-state index in [-0.39, 0.29) is 22.1 Å². The van der Waals surface area contributed by atoms with Crippen molar-refractivity contribution in [1.29, 1.82) is 0 Å². The fraction of sp³-hybridized carbons (Fsp3) is 0.200. The summed E-state index contributed by atoms with van der Waals surface area (Å²) in [6.45, 7) is 1.32. The lowest BCUT2D eigenvalue weighted by atomic mass is 10.1. The first-order chi connectivity index (χ1) is 14.0. The van der Waals surface area contributed by atoms with E-state index in [9.17, 15) is 13.2 Å². The van der Waals surface area contributed by atoms with Gasteiger partial charge in [0, 0.05) is 30.5 Å². The first-order valence-electron chi connectivity index (χ1n) is 9.07. The molecule has 3 aromatic rings. The molecule has 0 aliphatic rings. The normalized spacial score (nSPS) is 11.2. The third kappa shape index (κ3) is 5.82. The van der Waals surface area contributed by atoms with Crippen molar-refractivity contribution in [3.63, 3.8) is 0 Å². The van der Waals surface area contributed by atoms with Crippen molar-refractivity contribution in [3.8, 4) is 0 Å². The van der Waals surface area contributed by atoms with Gasteiger partial charge in [-0.1, -0.05) is 23.7 Å². The molecule has 2 N–H and O–H groups in total. The Morgan fingerprint density at radius 2 is 1.83 bits per heavy atom. The number of carbonyl (C=O) groups excluding carboxylic acids is 1. The molecular weight excluding hydrogens is 412 g/mol. The second kappa shape index (κ2) is 9.58. The quantitative estimate of drug-likeness (QED) is 0.505. The highest BCUT2D eigenvalue weighted by molar-refractivity contribution is 7.92. The van der Waals surface area contributed by atoms with E-state index in [1.54, 1.807) is 36.8 Å². The molecule has 0 saturated heterocycles. The van der Waals surface area contributed by atoms with E-state index in [0.717, 1.165) is 19.4 Å². The van der Waals surface area contributed by atoms with E-state index in [0.29, 0.717) is 11.6 Å². The number of aromatic nitrogens is 2. The van der Waals surface area contributed by atoms with Crippen LogP contribution in [0.4, 0.5) is 5.69 Å². The number of rotatable bonds is 9. The topological polar surface area (TPSA) is 93.1 Å². The Morgan fingerprint density at radius 1 is 1.07 bits per heavy atom. The molecule has 0 saturated carbocycles. The van der Waals surface area contributed by atoms with Crippen LogP contribution in [0.5, 0.6) is 0 Å². The fourth-order valence-corrected chi connectivity index (χ4v) is 3.93. The summed E-state index contributed by atoms with van der Waals surface area (Å²) in [5, 5.41) is 3.28. The number of sulfonamides is 1. The number of benzene rings is 2. The fourth-order valence-electron chi connectivity index (χ4n) is 2.72. The monoisotopic (exact) mass is 432 g/mol. The Labute approximate surface area is 174 Å². The van der Waals surface area contributed by atoms with Gasteiger partial charge in [0.15, 0.2) is 0 Å². The van der Waals surface area contributed by atoms with Crippen LogP contribution in [0.3, 0.4) is 0 Å². The lowest BCUT2D eigenvalue weighted by molar-refractivity contribution is 0.0953. The summed E-state index contributed by atoms with van der Waals surface area (Å²) in [6, 6.07) is 12.3. The van der Waals surface area contributed by atoms with E-state index >= 15 is 0 Å². The summed E-state index contributed by atoms with van der Waals surface area (Å²) < 4.78 is 29.7. The largest absolute Gasteiger partial charge is 0.352 e. The number of para-hydroxylation sites is 1. The number of imidazole rings is 1. The maximum atomic E-state index is 12.6. The number of nitrogens with one attached hydrogen (secondary N) is 2. The van der Waals surface area contributed by atoms with Crippen LogP contribution in [0.15, 0.2) is 72.1 Å². The average Bonchev–Trinajstić information content (AvgIpc) is 3.21. The highest BCUT2D eigenvalue weighted by Crippen LogP contribution is 2.21. The third-order valence-electron chi connectivity index (χ3n) is 4.23. The SMILES string of the molecule is O=C(NCCCCn1ccnc1)c1ccccc1NS(=O)(=O)c1ccc(Cl)cc1. The molecular formula is C20H21ClN4O3S. The average molecular weight is 433 g/mol. The van der Waals surface area contributed by atoms with Gasteiger partial charge in [0.25, 0.3) is 15.9 Å². The highest BCUT2D eigenvalue weighted by Gasteiger charge is 2.18. The van der Waals surface area contributed by atoms with Crippen molar-refractivity contribution in [2.75, 3.05) is 11.3 Å². The van der Waals surface area contributed by atoms with Crippen molar-refractivity contribution in [3.05, 3.63) is 77.8 Å². The van der Waals surface area contributed by atoms with Crippen LogP contribution in [-0.2, 0) is 16.6 Å². The maximum Gasteiger partial charge on any atom is 0.261 e. The molecule has 0 aliphatic heterocycles. The van der Waals surface area contributed by atoms with Crippen molar-refractivity contribution in [2.45, 2.75) is 24.3 Å². The molecule has 0 aliphatic carbocycles. The number of anilines is 1. The molecule has 0 bridgehead atoms. The highest BCUT2D eigenvalue weighted by atomic mass is 35.5. The van der Waals surface area contributed by atoms with Gasteiger partial charge in [0.2, 0.25) is 0 Å². The molecule has 0 radical (unpaired) electrons. The number of hydrogen-bond donors (Lipinski definition) is 2. The summed E-state index contributed by atoms with van der Waals surface area (Å²) in [7, 11) is -3.84. The number of nitrogens with zero attached hydrogens (tertiary/aromatic N) is 2. The number of amides is 1. The Bertz CT molecular complexity index is 1050. The van der Waals surface area contributed by atoms with E-state index in [1.807, 2.05) is 10.8 Å². The molecule has 152 valence electrons. The van der Waals surface area contributed by atoms with Gasteiger partial charge >= 0.3 is 0 Å². The van der Waals surface area contributed by atoms with Crippen LogP contribution >= 0.6 is 11.6 Å². The molecule has 1 amide bonds. The number of carbonyl (C=O) groups is 1. The summed E-state index contributed by atoms with van der Waals surface area (Å²) >= 11 is 5.82. The zero-order chi connectivity index (χ0) is 20.7. The van der Waals surface area contributed by atoms with E-state index < -0.39 is 10.0 Å². The first kappa shape index (κ1) is 20.9. The van der Waals surface area contributed by atoms with Gasteiger partial charge in [0.1, 0.15) is 0 Å². The standard InChI is InChI=1S/C20H21ClN4O3S/c21-16-7-9-17(10-8-16)29(27,28)24-19-6-2-1-5-18(19)20(26)23-11-3-4-13-25-14-12-22-15-25/h1-2,5-10,12,14-15,24H,3-4,11,13H2,(H,23,26). The van der Waals surface area contributed by atoms with Crippen molar-refractivity contribution < 1.29 is 13.2 Å². The third-order valence-corrected chi connectivity index (χ3v) is 5.86. The lowest BCUT2D eigenvalue weighted by Gasteiger charge is -2.13. The molecule has 0 unspecified atom stereocenters. The number of aryl methyl sites for hydroxylation is 1. The number of hydrogen-bond acceptors (Lipinski definition) is 4. The first-order valence-corrected chi connectivity index (χ1v) is 10.9. The molecule has 29 heavy (non-hydrogen) atoms. The van der Waals surface area contributed by atoms with Crippen LogP contribution in [0.1, 0.15) is 23.2 Å². The minimum Gasteiger partial charge on any atom is -0.352 e. The summed E-state index contributed by atoms with van der Waals surface area (Å²) in [4.78, 5) is 16.6.